The van der Waals surface area contributed by atoms with Crippen LogP contribution in [0.1, 0.15) is 15.9 Å². The second-order valence-corrected chi connectivity index (χ2v) is 5.92. The molecule has 0 atom stereocenters. The molecule has 0 fully saturated rings. The Hall–Kier alpha value is -4.19. The zero-order chi connectivity index (χ0) is 22.6. The van der Waals surface area contributed by atoms with Gasteiger partial charge in [0.15, 0.2) is 23.0 Å². The van der Waals surface area contributed by atoms with E-state index in [1.165, 1.54) is 33.6 Å². The average molecular weight is 425 g/mol. The first-order valence-corrected chi connectivity index (χ1v) is 9.09. The average Bonchev–Trinajstić information content (AvgIpc) is 2.80. The van der Waals surface area contributed by atoms with E-state index < -0.39 is 11.8 Å². The van der Waals surface area contributed by atoms with Crippen LogP contribution in [0.15, 0.2) is 41.5 Å². The molecular weight excluding hydrogens is 402 g/mol. The Morgan fingerprint density at radius 3 is 2.48 bits per heavy atom. The smallest absolute Gasteiger partial charge is 0.259 e. The van der Waals surface area contributed by atoms with Crippen molar-refractivity contribution < 1.29 is 28.5 Å². The summed E-state index contributed by atoms with van der Waals surface area (Å²) in [5.41, 5.74) is 3.21. The van der Waals surface area contributed by atoms with Crippen LogP contribution in [-0.4, -0.2) is 52.5 Å². The van der Waals surface area contributed by atoms with E-state index in [-0.39, 0.29) is 13.2 Å². The van der Waals surface area contributed by atoms with E-state index in [0.29, 0.717) is 34.1 Å². The van der Waals surface area contributed by atoms with Crippen LogP contribution in [0.3, 0.4) is 0 Å². The number of carbonyl (C=O) groups is 2. The largest absolute Gasteiger partial charge is 0.493 e. The van der Waals surface area contributed by atoms with E-state index in [1.807, 2.05) is 0 Å². The molecule has 2 rings (SSSR count). The van der Waals surface area contributed by atoms with E-state index in [4.69, 9.17) is 25.4 Å². The highest BCUT2D eigenvalue weighted by molar-refractivity contribution is 5.97. The quantitative estimate of drug-likeness (QED) is 0.340. The fourth-order valence-electron chi connectivity index (χ4n) is 2.52. The number of amides is 2. The number of hydrazone groups is 1. The van der Waals surface area contributed by atoms with Crippen LogP contribution in [0.25, 0.3) is 0 Å². The standard InChI is InChI=1S/C22H23N3O6/c1-5-11-31-21-16(7-6-8-18(21)29-3)13-24-25-20(26)14-23-22(27)15-9-10-17(28-2)19(12-15)30-4/h1,6-10,12-13H,11,14H2,2-4H3,(H,23,27)(H,25,26)/b24-13+. The molecule has 0 bridgehead atoms. The molecule has 0 aliphatic heterocycles. The first kappa shape index (κ1) is 23.1. The number of ether oxygens (including phenoxy) is 4. The monoisotopic (exact) mass is 425 g/mol. The van der Waals surface area contributed by atoms with Crippen LogP contribution in [0.5, 0.6) is 23.0 Å². The van der Waals surface area contributed by atoms with Crippen LogP contribution < -0.4 is 29.7 Å². The molecule has 0 spiro atoms. The molecule has 0 aromatic heterocycles. The fourth-order valence-corrected chi connectivity index (χ4v) is 2.52. The van der Waals surface area contributed by atoms with Gasteiger partial charge in [0.05, 0.1) is 34.1 Å². The highest BCUT2D eigenvalue weighted by Gasteiger charge is 2.12. The van der Waals surface area contributed by atoms with Crippen LogP contribution in [0.4, 0.5) is 0 Å². The molecule has 2 aromatic rings. The summed E-state index contributed by atoms with van der Waals surface area (Å²) < 4.78 is 21.0. The Kier molecular flexibility index (Phi) is 8.73. The van der Waals surface area contributed by atoms with E-state index >= 15 is 0 Å². The summed E-state index contributed by atoms with van der Waals surface area (Å²) in [4.78, 5) is 24.3. The van der Waals surface area contributed by atoms with Gasteiger partial charge in [-0.15, -0.1) is 6.42 Å². The summed E-state index contributed by atoms with van der Waals surface area (Å²) in [5.74, 6) is 3.20. The molecule has 31 heavy (non-hydrogen) atoms. The fraction of sp³-hybridized carbons (Fsp3) is 0.227. The molecule has 0 saturated carbocycles. The molecule has 0 saturated heterocycles. The third kappa shape index (κ3) is 6.40. The highest BCUT2D eigenvalue weighted by atomic mass is 16.5. The normalized spacial score (nSPS) is 10.1. The molecule has 0 heterocycles. The van der Waals surface area contributed by atoms with Crippen molar-refractivity contribution >= 4 is 18.0 Å². The molecule has 0 aliphatic rings. The second kappa shape index (κ2) is 11.7. The number of para-hydroxylation sites is 1. The number of methoxy groups -OCH3 is 3. The SMILES string of the molecule is C#CCOc1c(/C=N/NC(=O)CNC(=O)c2ccc(OC)c(OC)c2)cccc1OC. The van der Waals surface area contributed by atoms with Gasteiger partial charge in [-0.3, -0.25) is 9.59 Å². The van der Waals surface area contributed by atoms with Crippen molar-refractivity contribution in [3.63, 3.8) is 0 Å². The van der Waals surface area contributed by atoms with Crippen LogP contribution in [-0.2, 0) is 4.79 Å². The maximum Gasteiger partial charge on any atom is 0.259 e. The van der Waals surface area contributed by atoms with Gasteiger partial charge in [0.25, 0.3) is 11.8 Å². The molecule has 2 amide bonds. The summed E-state index contributed by atoms with van der Waals surface area (Å²) in [6, 6.07) is 9.87. The van der Waals surface area contributed by atoms with Crippen LogP contribution >= 0.6 is 0 Å². The van der Waals surface area contributed by atoms with Gasteiger partial charge in [0.2, 0.25) is 0 Å². The number of carbonyl (C=O) groups excluding carboxylic acids is 2. The summed E-state index contributed by atoms with van der Waals surface area (Å²) in [6.45, 7) is -0.223. The molecule has 9 nitrogen and oxygen atoms in total. The summed E-state index contributed by atoms with van der Waals surface area (Å²) in [5, 5.41) is 6.39. The number of nitrogens with zero attached hydrogens (tertiary/aromatic N) is 1. The Morgan fingerprint density at radius 2 is 1.81 bits per heavy atom. The molecule has 2 aromatic carbocycles. The summed E-state index contributed by atoms with van der Waals surface area (Å²) in [7, 11) is 4.47. The van der Waals surface area contributed by atoms with Gasteiger partial charge >= 0.3 is 0 Å². The minimum absolute atomic E-state index is 0.0513. The topological polar surface area (TPSA) is 107 Å². The van der Waals surface area contributed by atoms with Crippen molar-refractivity contribution in [1.82, 2.24) is 10.7 Å². The maximum atomic E-state index is 12.3. The highest BCUT2D eigenvalue weighted by Crippen LogP contribution is 2.30. The molecule has 2 N–H and O–H groups in total. The second-order valence-electron chi connectivity index (χ2n) is 5.92. The first-order valence-electron chi connectivity index (χ1n) is 9.09. The van der Waals surface area contributed by atoms with Crippen molar-refractivity contribution in [1.29, 1.82) is 0 Å². The summed E-state index contributed by atoms with van der Waals surface area (Å²) >= 11 is 0. The van der Waals surface area contributed by atoms with Gasteiger partial charge < -0.3 is 24.3 Å². The predicted molar refractivity (Wildman–Crippen MR) is 115 cm³/mol. The zero-order valence-corrected chi connectivity index (χ0v) is 17.4. The Balaban J connectivity index is 1.95. The van der Waals surface area contributed by atoms with Gasteiger partial charge in [-0.05, 0) is 30.3 Å². The Bertz CT molecular complexity index is 997. The van der Waals surface area contributed by atoms with Crippen molar-refractivity contribution in [2.75, 3.05) is 34.5 Å². The number of hydrogen-bond donors (Lipinski definition) is 2. The van der Waals surface area contributed by atoms with Gasteiger partial charge in [-0.25, -0.2) is 5.43 Å². The molecular formula is C22H23N3O6. The zero-order valence-electron chi connectivity index (χ0n) is 17.4. The molecule has 0 unspecified atom stereocenters. The third-order valence-corrected chi connectivity index (χ3v) is 3.98. The lowest BCUT2D eigenvalue weighted by molar-refractivity contribution is -0.120. The molecule has 0 aliphatic carbocycles. The minimum Gasteiger partial charge on any atom is -0.493 e. The maximum absolute atomic E-state index is 12.3. The van der Waals surface area contributed by atoms with E-state index in [1.54, 1.807) is 30.3 Å². The van der Waals surface area contributed by atoms with Crippen LogP contribution in [0.2, 0.25) is 0 Å². The van der Waals surface area contributed by atoms with Crippen molar-refractivity contribution in [2.45, 2.75) is 0 Å². The molecule has 162 valence electrons. The lowest BCUT2D eigenvalue weighted by Gasteiger charge is -2.11. The van der Waals surface area contributed by atoms with Crippen LogP contribution in [0, 0.1) is 12.3 Å². The molecule has 0 radical (unpaired) electrons. The Labute approximate surface area is 180 Å². The van der Waals surface area contributed by atoms with Gasteiger partial charge in [-0.1, -0.05) is 12.0 Å². The number of terminal acetylenes is 1. The number of hydrogen-bond acceptors (Lipinski definition) is 7. The number of rotatable bonds is 10. The van der Waals surface area contributed by atoms with E-state index in [9.17, 15) is 9.59 Å². The number of benzene rings is 2. The van der Waals surface area contributed by atoms with Gasteiger partial charge in [0.1, 0.15) is 6.61 Å². The van der Waals surface area contributed by atoms with Crippen molar-refractivity contribution in [3.05, 3.63) is 47.5 Å². The van der Waals surface area contributed by atoms with Gasteiger partial charge in [-0.2, -0.15) is 5.10 Å². The summed E-state index contributed by atoms with van der Waals surface area (Å²) in [6.07, 6.45) is 6.63. The minimum atomic E-state index is -0.515. The first-order chi connectivity index (χ1) is 15.0. The number of nitrogens with one attached hydrogen (secondary N) is 2. The third-order valence-electron chi connectivity index (χ3n) is 3.98. The lowest BCUT2D eigenvalue weighted by Crippen LogP contribution is -2.34. The predicted octanol–water partition coefficient (Wildman–Crippen LogP) is 1.60. The molecule has 9 heteroatoms. The van der Waals surface area contributed by atoms with E-state index in [2.05, 4.69) is 21.8 Å². The van der Waals surface area contributed by atoms with Gasteiger partial charge in [0, 0.05) is 11.1 Å². The van der Waals surface area contributed by atoms with Crippen molar-refractivity contribution in [2.24, 2.45) is 5.10 Å². The lowest BCUT2D eigenvalue weighted by atomic mass is 10.2. The van der Waals surface area contributed by atoms with Crippen molar-refractivity contribution in [3.8, 4) is 35.3 Å². The van der Waals surface area contributed by atoms with E-state index in [0.717, 1.165) is 0 Å². The Morgan fingerprint density at radius 1 is 1.06 bits per heavy atom.